The van der Waals surface area contributed by atoms with Gasteiger partial charge in [-0.25, -0.2) is 0 Å². The smallest absolute Gasteiger partial charge is 0.282 e. The Bertz CT molecular complexity index is 395. The Morgan fingerprint density at radius 2 is 2.19 bits per heavy atom. The molecule has 1 aliphatic rings. The minimum atomic E-state index is -4.88. The maximum absolute atomic E-state index is 12.0. The summed E-state index contributed by atoms with van der Waals surface area (Å²) in [5.41, 5.74) is -0.636. The van der Waals surface area contributed by atoms with Crippen LogP contribution in [0, 0.1) is 5.92 Å². The van der Waals surface area contributed by atoms with Gasteiger partial charge in [-0.1, -0.05) is 18.1 Å². The van der Waals surface area contributed by atoms with E-state index in [1.165, 1.54) is 17.5 Å². The Kier molecular flexibility index (Phi) is 2.69. The summed E-state index contributed by atoms with van der Waals surface area (Å²) in [4.78, 5) is 10.8. The van der Waals surface area contributed by atoms with Gasteiger partial charge in [0.15, 0.2) is 5.69 Å². The molecule has 1 saturated carbocycles. The Hall–Kier alpha value is -1.40. The van der Waals surface area contributed by atoms with E-state index in [-0.39, 0.29) is 0 Å². The normalized spacial score (nSPS) is 16.4. The van der Waals surface area contributed by atoms with Gasteiger partial charge in [0.25, 0.3) is 5.78 Å². The van der Waals surface area contributed by atoms with Gasteiger partial charge in [-0.2, -0.15) is 13.2 Å². The van der Waals surface area contributed by atoms with Crippen LogP contribution in [-0.2, 0) is 6.54 Å². The average molecular weight is 233 g/mol. The van der Waals surface area contributed by atoms with E-state index in [2.05, 4.69) is 10.3 Å². The molecular weight excluding hydrogens is 223 g/mol. The summed E-state index contributed by atoms with van der Waals surface area (Å²) in [6.45, 7) is 0.517. The monoisotopic (exact) mass is 233 g/mol. The molecule has 0 spiro atoms. The maximum atomic E-state index is 12.0. The van der Waals surface area contributed by atoms with E-state index in [1.54, 1.807) is 0 Å². The second-order valence-electron chi connectivity index (χ2n) is 3.93. The standard InChI is InChI=1S/C9H10F3N3O/c10-9(11,12)8(16)7-5-15(14-13-7)4-3-6-1-2-6/h5-6H,1-4H2. The number of carbonyl (C=O) groups is 1. The van der Waals surface area contributed by atoms with Gasteiger partial charge in [-0.15, -0.1) is 5.10 Å². The quantitative estimate of drug-likeness (QED) is 0.745. The van der Waals surface area contributed by atoms with E-state index in [1.807, 2.05) is 0 Å². The summed E-state index contributed by atoms with van der Waals surface area (Å²) in [6.07, 6.45) is -0.607. The fourth-order valence-electron chi connectivity index (χ4n) is 1.38. The molecule has 1 aliphatic carbocycles. The molecule has 0 N–H and O–H groups in total. The highest BCUT2D eigenvalue weighted by atomic mass is 19.4. The number of ketones is 1. The molecule has 1 aromatic heterocycles. The zero-order chi connectivity index (χ0) is 11.8. The SMILES string of the molecule is O=C(c1cn(CCC2CC2)nn1)C(F)(F)F. The van der Waals surface area contributed by atoms with Crippen LogP contribution in [0.4, 0.5) is 13.2 Å². The van der Waals surface area contributed by atoms with Gasteiger partial charge in [0, 0.05) is 6.54 Å². The maximum Gasteiger partial charge on any atom is 0.456 e. The number of aromatic nitrogens is 3. The Balaban J connectivity index is 1.98. The van der Waals surface area contributed by atoms with Crippen LogP contribution in [0.5, 0.6) is 0 Å². The van der Waals surface area contributed by atoms with Gasteiger partial charge in [0.2, 0.25) is 0 Å². The Morgan fingerprint density at radius 1 is 1.50 bits per heavy atom. The molecule has 0 aliphatic heterocycles. The molecule has 4 nitrogen and oxygen atoms in total. The molecule has 0 bridgehead atoms. The van der Waals surface area contributed by atoms with Gasteiger partial charge in [-0.3, -0.25) is 9.48 Å². The van der Waals surface area contributed by atoms with Gasteiger partial charge in [-0.05, 0) is 12.3 Å². The molecule has 88 valence electrons. The highest BCUT2D eigenvalue weighted by molar-refractivity contribution is 5.98. The number of Topliss-reactive ketones (excluding diaryl/α,β-unsaturated/α-hetero) is 1. The first-order valence-electron chi connectivity index (χ1n) is 4.98. The molecule has 0 radical (unpaired) electrons. The fraction of sp³-hybridized carbons (Fsp3) is 0.667. The fourth-order valence-corrected chi connectivity index (χ4v) is 1.38. The summed E-state index contributed by atoms with van der Waals surface area (Å²) >= 11 is 0. The van der Waals surface area contributed by atoms with Gasteiger partial charge in [0.1, 0.15) is 0 Å². The molecule has 0 saturated heterocycles. The van der Waals surface area contributed by atoms with Crippen LogP contribution in [0.15, 0.2) is 6.20 Å². The van der Waals surface area contributed by atoms with Crippen LogP contribution in [0.25, 0.3) is 0 Å². The molecule has 1 aromatic rings. The minimum absolute atomic E-state index is 0.517. The van der Waals surface area contributed by atoms with Gasteiger partial charge >= 0.3 is 6.18 Å². The van der Waals surface area contributed by atoms with Crippen LogP contribution in [-0.4, -0.2) is 27.0 Å². The highest BCUT2D eigenvalue weighted by Gasteiger charge is 2.41. The van der Waals surface area contributed by atoms with Crippen LogP contribution in [0.2, 0.25) is 0 Å². The second-order valence-corrected chi connectivity index (χ2v) is 3.93. The zero-order valence-electron chi connectivity index (χ0n) is 8.37. The Morgan fingerprint density at radius 3 is 2.75 bits per heavy atom. The summed E-state index contributed by atoms with van der Waals surface area (Å²) in [5, 5.41) is 6.72. The molecule has 7 heteroatoms. The predicted molar refractivity (Wildman–Crippen MR) is 47.7 cm³/mol. The lowest BCUT2D eigenvalue weighted by Gasteiger charge is -2.00. The van der Waals surface area contributed by atoms with Crippen LogP contribution >= 0.6 is 0 Å². The third-order valence-corrected chi connectivity index (χ3v) is 2.49. The van der Waals surface area contributed by atoms with Gasteiger partial charge in [0.05, 0.1) is 6.20 Å². The topological polar surface area (TPSA) is 47.8 Å². The number of nitrogens with zero attached hydrogens (tertiary/aromatic N) is 3. The van der Waals surface area contributed by atoms with Crippen molar-refractivity contribution in [3.63, 3.8) is 0 Å². The Labute approximate surface area is 89.4 Å². The summed E-state index contributed by atoms with van der Waals surface area (Å²) in [7, 11) is 0. The number of alkyl halides is 3. The van der Waals surface area contributed by atoms with Crippen molar-refractivity contribution in [2.75, 3.05) is 0 Å². The second kappa shape index (κ2) is 3.88. The lowest BCUT2D eigenvalue weighted by Crippen LogP contribution is -2.23. The largest absolute Gasteiger partial charge is 0.456 e. The molecular formula is C9H10F3N3O. The summed E-state index contributed by atoms with van der Waals surface area (Å²) in [5.74, 6) is -1.28. The molecule has 2 rings (SSSR count). The van der Waals surface area contributed by atoms with E-state index in [0.29, 0.717) is 12.5 Å². The molecule has 0 aromatic carbocycles. The first-order valence-corrected chi connectivity index (χ1v) is 4.98. The number of hydrogen-bond acceptors (Lipinski definition) is 3. The van der Waals surface area contributed by atoms with Crippen molar-refractivity contribution >= 4 is 5.78 Å². The number of halogens is 3. The molecule has 1 heterocycles. The lowest BCUT2D eigenvalue weighted by atomic mass is 10.3. The number of rotatable bonds is 4. The molecule has 0 amide bonds. The third kappa shape index (κ3) is 2.59. The average Bonchev–Trinajstić information content (AvgIpc) is 2.91. The molecule has 0 unspecified atom stereocenters. The van der Waals surface area contributed by atoms with E-state index >= 15 is 0 Å². The van der Waals surface area contributed by atoms with Crippen molar-refractivity contribution in [3.8, 4) is 0 Å². The van der Waals surface area contributed by atoms with Crippen molar-refractivity contribution in [2.24, 2.45) is 5.92 Å². The van der Waals surface area contributed by atoms with Crippen molar-refractivity contribution in [1.82, 2.24) is 15.0 Å². The molecule has 0 atom stereocenters. The number of carbonyl (C=O) groups excluding carboxylic acids is 1. The first kappa shape index (κ1) is 11.1. The first-order chi connectivity index (χ1) is 7.47. The van der Waals surface area contributed by atoms with Crippen LogP contribution < -0.4 is 0 Å². The summed E-state index contributed by atoms with van der Waals surface area (Å²) < 4.78 is 37.4. The van der Waals surface area contributed by atoms with Gasteiger partial charge < -0.3 is 0 Å². The molecule has 1 fully saturated rings. The van der Waals surface area contributed by atoms with E-state index in [0.717, 1.165) is 12.6 Å². The van der Waals surface area contributed by atoms with Crippen molar-refractivity contribution < 1.29 is 18.0 Å². The van der Waals surface area contributed by atoms with E-state index in [4.69, 9.17) is 0 Å². The minimum Gasteiger partial charge on any atom is -0.282 e. The lowest BCUT2D eigenvalue weighted by molar-refractivity contribution is -0.0888. The van der Waals surface area contributed by atoms with E-state index < -0.39 is 17.7 Å². The van der Waals surface area contributed by atoms with Crippen LogP contribution in [0.1, 0.15) is 29.8 Å². The number of hydrogen-bond donors (Lipinski definition) is 0. The molecule has 16 heavy (non-hydrogen) atoms. The van der Waals surface area contributed by atoms with Crippen molar-refractivity contribution in [2.45, 2.75) is 32.0 Å². The van der Waals surface area contributed by atoms with Crippen molar-refractivity contribution in [3.05, 3.63) is 11.9 Å². The highest BCUT2D eigenvalue weighted by Crippen LogP contribution is 2.32. The summed E-state index contributed by atoms with van der Waals surface area (Å²) in [6, 6.07) is 0. The third-order valence-electron chi connectivity index (χ3n) is 2.49. The van der Waals surface area contributed by atoms with E-state index in [9.17, 15) is 18.0 Å². The predicted octanol–water partition coefficient (Wildman–Crippen LogP) is 1.82. The van der Waals surface area contributed by atoms with Crippen LogP contribution in [0.3, 0.4) is 0 Å². The zero-order valence-corrected chi connectivity index (χ0v) is 8.37. The number of aryl methyl sites for hydroxylation is 1. The van der Waals surface area contributed by atoms with Crippen molar-refractivity contribution in [1.29, 1.82) is 0 Å².